The van der Waals surface area contributed by atoms with Gasteiger partial charge in [0.25, 0.3) is 0 Å². The number of methoxy groups -OCH3 is 1. The summed E-state index contributed by atoms with van der Waals surface area (Å²) >= 11 is 0. The quantitative estimate of drug-likeness (QED) is 0.797. The number of aliphatic hydroxyl groups is 1. The van der Waals surface area contributed by atoms with E-state index in [-0.39, 0.29) is 0 Å². The molecule has 0 heterocycles. The fraction of sp³-hybridized carbons (Fsp3) is 0.500. The van der Waals surface area contributed by atoms with Crippen molar-refractivity contribution in [1.82, 2.24) is 0 Å². The van der Waals surface area contributed by atoms with Crippen LogP contribution in [0.15, 0.2) is 18.2 Å². The SMILES string of the molecule is COc1ccc(C(O)C(C)(C)N)cc1C. The molecule has 3 nitrogen and oxygen atoms in total. The van der Waals surface area contributed by atoms with E-state index in [0.29, 0.717) is 0 Å². The van der Waals surface area contributed by atoms with Gasteiger partial charge in [0.15, 0.2) is 0 Å². The van der Waals surface area contributed by atoms with Crippen LogP contribution in [0.2, 0.25) is 0 Å². The Bertz CT molecular complexity index is 342. The van der Waals surface area contributed by atoms with Gasteiger partial charge in [-0.05, 0) is 44.0 Å². The molecule has 0 fully saturated rings. The van der Waals surface area contributed by atoms with Crippen molar-refractivity contribution in [2.45, 2.75) is 32.4 Å². The van der Waals surface area contributed by atoms with Crippen molar-refractivity contribution in [3.05, 3.63) is 29.3 Å². The lowest BCUT2D eigenvalue weighted by atomic mass is 9.91. The van der Waals surface area contributed by atoms with Crippen LogP contribution < -0.4 is 10.5 Å². The normalized spacial score (nSPS) is 13.7. The van der Waals surface area contributed by atoms with Gasteiger partial charge in [-0.25, -0.2) is 0 Å². The Kier molecular flexibility index (Phi) is 3.37. The lowest BCUT2D eigenvalue weighted by molar-refractivity contribution is 0.104. The van der Waals surface area contributed by atoms with Gasteiger partial charge in [-0.1, -0.05) is 6.07 Å². The van der Waals surface area contributed by atoms with E-state index in [1.54, 1.807) is 21.0 Å². The molecule has 0 saturated carbocycles. The van der Waals surface area contributed by atoms with Gasteiger partial charge in [0.1, 0.15) is 5.75 Å². The summed E-state index contributed by atoms with van der Waals surface area (Å²) in [6.45, 7) is 5.55. The predicted octanol–water partition coefficient (Wildman–Crippen LogP) is 1.77. The molecule has 1 atom stereocenters. The topological polar surface area (TPSA) is 55.5 Å². The number of benzene rings is 1. The molecule has 3 heteroatoms. The van der Waals surface area contributed by atoms with Gasteiger partial charge in [-0.2, -0.15) is 0 Å². The molecule has 1 rings (SSSR count). The summed E-state index contributed by atoms with van der Waals surface area (Å²) in [6.07, 6.45) is -0.665. The minimum atomic E-state index is -0.665. The van der Waals surface area contributed by atoms with E-state index in [2.05, 4.69) is 0 Å². The van der Waals surface area contributed by atoms with Crippen molar-refractivity contribution < 1.29 is 9.84 Å². The molecule has 0 spiro atoms. The van der Waals surface area contributed by atoms with Crippen LogP contribution in [-0.2, 0) is 0 Å². The second-order valence-electron chi connectivity index (χ2n) is 4.45. The van der Waals surface area contributed by atoms with Crippen molar-refractivity contribution in [2.75, 3.05) is 7.11 Å². The first-order valence-electron chi connectivity index (χ1n) is 4.97. The molecule has 3 N–H and O–H groups in total. The van der Waals surface area contributed by atoms with Gasteiger partial charge in [0.2, 0.25) is 0 Å². The number of hydrogen-bond acceptors (Lipinski definition) is 3. The molecule has 0 saturated heterocycles. The Morgan fingerprint density at radius 3 is 2.40 bits per heavy atom. The Hall–Kier alpha value is -1.06. The summed E-state index contributed by atoms with van der Waals surface area (Å²) in [4.78, 5) is 0. The summed E-state index contributed by atoms with van der Waals surface area (Å²) in [5.41, 5.74) is 7.03. The van der Waals surface area contributed by atoms with Crippen molar-refractivity contribution >= 4 is 0 Å². The van der Waals surface area contributed by atoms with Gasteiger partial charge < -0.3 is 15.6 Å². The number of aliphatic hydroxyl groups excluding tert-OH is 1. The molecule has 0 bridgehead atoms. The van der Waals surface area contributed by atoms with Gasteiger partial charge >= 0.3 is 0 Å². The van der Waals surface area contributed by atoms with Crippen LogP contribution in [0.1, 0.15) is 31.1 Å². The standard InChI is InChI=1S/C12H19NO2/c1-8-7-9(5-6-10(8)15-4)11(14)12(2,3)13/h5-7,11,14H,13H2,1-4H3. The predicted molar refractivity (Wildman–Crippen MR) is 61.0 cm³/mol. The van der Waals surface area contributed by atoms with E-state index < -0.39 is 11.6 Å². The van der Waals surface area contributed by atoms with Crippen LogP contribution in [0.5, 0.6) is 5.75 Å². The van der Waals surface area contributed by atoms with E-state index in [1.807, 2.05) is 25.1 Å². The largest absolute Gasteiger partial charge is 0.496 e. The number of ether oxygens (including phenoxy) is 1. The monoisotopic (exact) mass is 209 g/mol. The van der Waals surface area contributed by atoms with E-state index in [0.717, 1.165) is 16.9 Å². The Balaban J connectivity index is 3.02. The Labute approximate surface area is 90.9 Å². The molecule has 1 unspecified atom stereocenters. The lowest BCUT2D eigenvalue weighted by Crippen LogP contribution is -2.39. The summed E-state index contributed by atoms with van der Waals surface area (Å²) in [5.74, 6) is 0.820. The molecule has 0 aliphatic heterocycles. The summed E-state index contributed by atoms with van der Waals surface area (Å²) in [7, 11) is 1.63. The second-order valence-corrected chi connectivity index (χ2v) is 4.45. The fourth-order valence-electron chi connectivity index (χ4n) is 1.50. The van der Waals surface area contributed by atoms with Crippen molar-refractivity contribution in [3.8, 4) is 5.75 Å². The van der Waals surface area contributed by atoms with Crippen molar-refractivity contribution in [3.63, 3.8) is 0 Å². The molecular weight excluding hydrogens is 190 g/mol. The van der Waals surface area contributed by atoms with E-state index in [1.165, 1.54) is 0 Å². The van der Waals surface area contributed by atoms with Crippen LogP contribution in [0.4, 0.5) is 0 Å². The van der Waals surface area contributed by atoms with Crippen LogP contribution >= 0.6 is 0 Å². The first-order chi connectivity index (χ1) is 6.86. The fourth-order valence-corrected chi connectivity index (χ4v) is 1.50. The van der Waals surface area contributed by atoms with Crippen LogP contribution in [-0.4, -0.2) is 17.8 Å². The zero-order valence-electron chi connectivity index (χ0n) is 9.74. The van der Waals surface area contributed by atoms with E-state index in [9.17, 15) is 5.11 Å². The third-order valence-electron chi connectivity index (χ3n) is 2.44. The summed E-state index contributed by atoms with van der Waals surface area (Å²) in [5, 5.41) is 9.98. The summed E-state index contributed by atoms with van der Waals surface area (Å²) < 4.78 is 5.15. The maximum atomic E-state index is 9.98. The number of rotatable bonds is 3. The van der Waals surface area contributed by atoms with E-state index in [4.69, 9.17) is 10.5 Å². The van der Waals surface area contributed by atoms with Gasteiger partial charge in [-0.3, -0.25) is 0 Å². The molecule has 1 aromatic rings. The minimum Gasteiger partial charge on any atom is -0.496 e. The maximum absolute atomic E-state index is 9.98. The van der Waals surface area contributed by atoms with E-state index >= 15 is 0 Å². The van der Waals surface area contributed by atoms with Crippen LogP contribution in [0.25, 0.3) is 0 Å². The molecule has 0 radical (unpaired) electrons. The third kappa shape index (κ3) is 2.70. The molecule has 84 valence electrons. The van der Waals surface area contributed by atoms with Crippen LogP contribution in [0, 0.1) is 6.92 Å². The highest BCUT2D eigenvalue weighted by Gasteiger charge is 2.24. The smallest absolute Gasteiger partial charge is 0.121 e. The zero-order chi connectivity index (χ0) is 11.6. The number of aryl methyl sites for hydroxylation is 1. The number of hydrogen-bond donors (Lipinski definition) is 2. The van der Waals surface area contributed by atoms with Gasteiger partial charge in [-0.15, -0.1) is 0 Å². The van der Waals surface area contributed by atoms with Gasteiger partial charge in [0, 0.05) is 5.54 Å². The molecule has 1 aromatic carbocycles. The first kappa shape index (κ1) is 12.0. The highest BCUT2D eigenvalue weighted by atomic mass is 16.5. The lowest BCUT2D eigenvalue weighted by Gasteiger charge is -2.26. The first-order valence-corrected chi connectivity index (χ1v) is 4.97. The summed E-state index contributed by atoms with van der Waals surface area (Å²) in [6, 6.07) is 5.59. The molecule has 15 heavy (non-hydrogen) atoms. The van der Waals surface area contributed by atoms with Crippen LogP contribution in [0.3, 0.4) is 0 Å². The average molecular weight is 209 g/mol. The third-order valence-corrected chi connectivity index (χ3v) is 2.44. The Morgan fingerprint density at radius 2 is 2.00 bits per heavy atom. The second kappa shape index (κ2) is 4.21. The average Bonchev–Trinajstić information content (AvgIpc) is 2.15. The maximum Gasteiger partial charge on any atom is 0.121 e. The molecule has 0 amide bonds. The number of nitrogens with two attached hydrogens (primary N) is 1. The molecule has 0 aromatic heterocycles. The van der Waals surface area contributed by atoms with Gasteiger partial charge in [0.05, 0.1) is 13.2 Å². The Morgan fingerprint density at radius 1 is 1.40 bits per heavy atom. The zero-order valence-corrected chi connectivity index (χ0v) is 9.74. The van der Waals surface area contributed by atoms with Crippen molar-refractivity contribution in [1.29, 1.82) is 0 Å². The molecular formula is C12H19NO2. The molecule has 0 aliphatic rings. The highest BCUT2D eigenvalue weighted by Crippen LogP contribution is 2.27. The van der Waals surface area contributed by atoms with Crippen molar-refractivity contribution in [2.24, 2.45) is 5.73 Å². The molecule has 0 aliphatic carbocycles. The highest BCUT2D eigenvalue weighted by molar-refractivity contribution is 5.37. The minimum absolute atomic E-state index is 0.638.